The minimum absolute atomic E-state index is 0.0747. The third kappa shape index (κ3) is 46.9. The number of phosphoric acid groups is 1. The molecule has 0 heterocycles. The first-order valence-corrected chi connectivity index (χ1v) is 25.3. The summed E-state index contributed by atoms with van der Waals surface area (Å²) in [6, 6.07) is 0. The molecule has 9 heteroatoms. The number of nitrogens with two attached hydrogens (primary N) is 1. The van der Waals surface area contributed by atoms with Crippen molar-refractivity contribution in [3.63, 3.8) is 0 Å². The Bertz CT molecular complexity index is 1070. The summed E-state index contributed by atoms with van der Waals surface area (Å²) in [7, 11) is -4.25. The van der Waals surface area contributed by atoms with Gasteiger partial charge in [0.25, 0.3) is 0 Å². The molecule has 0 saturated carbocycles. The van der Waals surface area contributed by atoms with Gasteiger partial charge in [-0.25, -0.2) is 4.57 Å². The van der Waals surface area contributed by atoms with Crippen molar-refractivity contribution < 1.29 is 33.1 Å². The van der Waals surface area contributed by atoms with Gasteiger partial charge in [0.05, 0.1) is 13.2 Å². The Morgan fingerprint density at radius 2 is 0.862 bits per heavy atom. The molecule has 58 heavy (non-hydrogen) atoms. The van der Waals surface area contributed by atoms with Gasteiger partial charge in [-0.15, -0.1) is 0 Å². The number of allylic oxidation sites excluding steroid dienone is 10. The summed E-state index contributed by atoms with van der Waals surface area (Å²) in [4.78, 5) is 21.3. The number of unbranched alkanes of at least 4 members (excludes halogenated alkanes) is 25. The lowest BCUT2D eigenvalue weighted by atomic mass is 10.0. The van der Waals surface area contributed by atoms with Gasteiger partial charge in [0.1, 0.15) is 12.7 Å². The number of ether oxygens (including phenoxy) is 1. The molecule has 0 fully saturated rings. The molecule has 0 radical (unpaired) electrons. The summed E-state index contributed by atoms with van der Waals surface area (Å²) >= 11 is 0. The first kappa shape index (κ1) is 56.2. The highest BCUT2D eigenvalue weighted by Gasteiger charge is 2.22. The predicted molar refractivity (Wildman–Crippen MR) is 247 cm³/mol. The van der Waals surface area contributed by atoms with E-state index in [9.17, 15) is 19.4 Å². The molecule has 0 saturated heterocycles. The highest BCUT2D eigenvalue weighted by molar-refractivity contribution is 7.47. The fourth-order valence-electron chi connectivity index (χ4n) is 6.66. The molecule has 0 aliphatic heterocycles. The quantitative estimate of drug-likeness (QED) is 0.0239. The molecule has 0 amide bonds. The molecule has 0 rings (SSSR count). The molecule has 4 N–H and O–H groups in total. The number of rotatable bonds is 45. The summed E-state index contributed by atoms with van der Waals surface area (Å²) in [6.07, 6.45) is 61.6. The second kappa shape index (κ2) is 46.3. The molecular weight excluding hydrogens is 746 g/mol. The van der Waals surface area contributed by atoms with E-state index < -0.39 is 20.5 Å². The zero-order valence-electron chi connectivity index (χ0n) is 37.3. The summed E-state index contributed by atoms with van der Waals surface area (Å²) in [5.74, 6) is -0.382. The topological polar surface area (TPSA) is 128 Å². The molecule has 0 spiro atoms. The Labute approximate surface area is 357 Å². The molecule has 0 aliphatic carbocycles. The highest BCUT2D eigenvalue weighted by Crippen LogP contribution is 2.42. The summed E-state index contributed by atoms with van der Waals surface area (Å²) < 4.78 is 25.8. The van der Waals surface area contributed by atoms with Crippen LogP contribution in [0.2, 0.25) is 0 Å². The van der Waals surface area contributed by atoms with Gasteiger partial charge >= 0.3 is 13.8 Å². The van der Waals surface area contributed by atoms with E-state index in [0.717, 1.165) is 51.4 Å². The largest absolute Gasteiger partial charge is 0.472 e. The molecule has 0 aliphatic rings. The van der Waals surface area contributed by atoms with E-state index in [4.69, 9.17) is 10.5 Å². The van der Waals surface area contributed by atoms with Gasteiger partial charge < -0.3 is 20.5 Å². The monoisotopic (exact) mass is 836 g/mol. The van der Waals surface area contributed by atoms with Gasteiger partial charge in [0.2, 0.25) is 0 Å². The first-order chi connectivity index (χ1) is 28.4. The number of phosphoric ester groups is 1. The zero-order valence-corrected chi connectivity index (χ0v) is 38.2. The smallest absolute Gasteiger partial charge is 0.463 e. The van der Waals surface area contributed by atoms with Crippen LogP contribution in [0.15, 0.2) is 60.8 Å². The Hall–Kier alpha value is -1.80. The molecule has 0 aromatic carbocycles. The number of aliphatic hydroxyl groups excluding tert-OH is 1. The van der Waals surface area contributed by atoms with E-state index in [2.05, 4.69) is 76.7 Å². The maximum absolute atomic E-state index is 11.9. The van der Waals surface area contributed by atoms with E-state index >= 15 is 0 Å². The molecule has 2 atom stereocenters. The van der Waals surface area contributed by atoms with Crippen molar-refractivity contribution in [1.29, 1.82) is 0 Å². The lowest BCUT2D eigenvalue weighted by molar-refractivity contribution is -0.147. The van der Waals surface area contributed by atoms with Crippen LogP contribution in [0.25, 0.3) is 0 Å². The van der Waals surface area contributed by atoms with Crippen LogP contribution in [-0.4, -0.2) is 48.4 Å². The average molecular weight is 836 g/mol. The molecular formula is C49H90NO7P. The minimum atomic E-state index is -4.25. The van der Waals surface area contributed by atoms with Crippen LogP contribution in [-0.2, 0) is 23.1 Å². The molecule has 0 aromatic rings. The third-order valence-electron chi connectivity index (χ3n) is 10.1. The number of carbonyl (C=O) groups is 1. The maximum Gasteiger partial charge on any atom is 0.472 e. The van der Waals surface area contributed by atoms with E-state index in [1.165, 1.54) is 148 Å². The van der Waals surface area contributed by atoms with Gasteiger partial charge in [0, 0.05) is 13.0 Å². The van der Waals surface area contributed by atoms with Gasteiger partial charge in [-0.2, -0.15) is 0 Å². The Balaban J connectivity index is 3.29. The lowest BCUT2D eigenvalue weighted by Crippen LogP contribution is -2.23. The molecule has 0 aromatic heterocycles. The SMILES string of the molecule is CC/C=C\C/C=C\C/C=C\C/C=C\C/C=C\CCCCCCCCCCCCCCCCCCCCCCCCCCCC(=O)OCC(O)COP(=O)(O)OCCN. The van der Waals surface area contributed by atoms with Crippen LogP contribution >= 0.6 is 7.82 Å². The van der Waals surface area contributed by atoms with Crippen molar-refractivity contribution in [3.8, 4) is 0 Å². The van der Waals surface area contributed by atoms with Crippen molar-refractivity contribution in [2.24, 2.45) is 5.73 Å². The first-order valence-electron chi connectivity index (χ1n) is 23.8. The summed E-state index contributed by atoms with van der Waals surface area (Å²) in [5, 5.41) is 9.78. The van der Waals surface area contributed by atoms with Crippen molar-refractivity contribution >= 4 is 13.8 Å². The second-order valence-electron chi connectivity index (χ2n) is 15.8. The molecule has 2 unspecified atom stereocenters. The predicted octanol–water partition coefficient (Wildman–Crippen LogP) is 14.3. The van der Waals surface area contributed by atoms with E-state index in [0.29, 0.717) is 6.42 Å². The normalized spacial score (nSPS) is 13.9. The van der Waals surface area contributed by atoms with Crippen molar-refractivity contribution in [3.05, 3.63) is 60.8 Å². The van der Waals surface area contributed by atoms with E-state index in [1.807, 2.05) is 0 Å². The van der Waals surface area contributed by atoms with Crippen LogP contribution in [0.3, 0.4) is 0 Å². The number of esters is 1. The lowest BCUT2D eigenvalue weighted by Gasteiger charge is -2.15. The fraction of sp³-hybridized carbons (Fsp3) is 0.776. The number of carbonyl (C=O) groups excluding carboxylic acids is 1. The van der Waals surface area contributed by atoms with Gasteiger partial charge in [-0.05, 0) is 51.4 Å². The van der Waals surface area contributed by atoms with Crippen LogP contribution < -0.4 is 5.73 Å². The third-order valence-corrected chi connectivity index (χ3v) is 11.1. The Morgan fingerprint density at radius 1 is 0.517 bits per heavy atom. The summed E-state index contributed by atoms with van der Waals surface area (Å²) in [5.41, 5.74) is 5.21. The van der Waals surface area contributed by atoms with Crippen LogP contribution in [0, 0.1) is 0 Å². The van der Waals surface area contributed by atoms with Crippen molar-refractivity contribution in [2.75, 3.05) is 26.4 Å². The summed E-state index contributed by atoms with van der Waals surface area (Å²) in [6.45, 7) is 1.36. The number of aliphatic hydroxyl groups is 1. The van der Waals surface area contributed by atoms with Gasteiger partial charge in [-0.1, -0.05) is 215 Å². The Morgan fingerprint density at radius 3 is 1.24 bits per heavy atom. The second-order valence-corrected chi connectivity index (χ2v) is 17.3. The average Bonchev–Trinajstić information content (AvgIpc) is 3.22. The van der Waals surface area contributed by atoms with Crippen LogP contribution in [0.1, 0.15) is 212 Å². The molecule has 8 nitrogen and oxygen atoms in total. The number of hydrogen-bond donors (Lipinski definition) is 3. The van der Waals surface area contributed by atoms with E-state index in [1.54, 1.807) is 0 Å². The Kier molecular flexibility index (Phi) is 44.8. The van der Waals surface area contributed by atoms with Gasteiger partial charge in [0.15, 0.2) is 0 Å². The van der Waals surface area contributed by atoms with Gasteiger partial charge in [-0.3, -0.25) is 13.8 Å². The minimum Gasteiger partial charge on any atom is -0.463 e. The molecule has 0 bridgehead atoms. The fourth-order valence-corrected chi connectivity index (χ4v) is 7.43. The molecule has 338 valence electrons. The van der Waals surface area contributed by atoms with Crippen LogP contribution in [0.4, 0.5) is 0 Å². The van der Waals surface area contributed by atoms with E-state index in [-0.39, 0.29) is 25.7 Å². The van der Waals surface area contributed by atoms with Crippen molar-refractivity contribution in [1.82, 2.24) is 0 Å². The standard InChI is InChI=1S/C49H90NO7P/c1-2-3-4-5-6-7-8-9-10-11-12-13-14-15-16-17-18-19-20-21-22-23-24-25-26-27-28-29-30-31-32-33-34-35-36-37-38-39-40-41-42-43-49(52)55-46-48(51)47-57-58(53,54)56-45-44-50/h3-4,6-7,9-10,12-13,15-16,48,51H,2,5,8,11,14,17-47,50H2,1H3,(H,53,54)/b4-3-,7-6-,10-9-,13-12-,16-15-. The number of hydrogen-bond acceptors (Lipinski definition) is 7. The van der Waals surface area contributed by atoms with Crippen LogP contribution in [0.5, 0.6) is 0 Å². The zero-order chi connectivity index (χ0) is 42.3. The highest BCUT2D eigenvalue weighted by atomic mass is 31.2. The van der Waals surface area contributed by atoms with Crippen molar-refractivity contribution in [2.45, 2.75) is 218 Å². The maximum atomic E-state index is 11.9.